The van der Waals surface area contributed by atoms with Gasteiger partial charge in [0, 0.05) is 30.2 Å². The number of rotatable bonds is 8. The third-order valence-electron chi connectivity index (χ3n) is 3.76. The number of aromatic nitrogens is 2. The maximum absolute atomic E-state index is 11.8. The Labute approximate surface area is 158 Å². The quantitative estimate of drug-likeness (QED) is 0.596. The molecule has 1 N–H and O–H groups in total. The van der Waals surface area contributed by atoms with Crippen molar-refractivity contribution in [2.24, 2.45) is 0 Å². The molecular weight excluding hydrogens is 342 g/mol. The van der Waals surface area contributed by atoms with Crippen LogP contribution in [0.4, 0.5) is 5.69 Å². The van der Waals surface area contributed by atoms with Crippen LogP contribution in [0.3, 0.4) is 0 Å². The summed E-state index contributed by atoms with van der Waals surface area (Å²) in [6.45, 7) is 2.95. The van der Waals surface area contributed by atoms with Gasteiger partial charge in [0.2, 0.25) is 0 Å². The highest BCUT2D eigenvalue weighted by atomic mass is 16.5. The smallest absolute Gasteiger partial charge is 0.338 e. The average Bonchev–Trinajstić information content (AvgIpc) is 2.72. The second-order valence-corrected chi connectivity index (χ2v) is 5.81. The predicted molar refractivity (Wildman–Crippen MR) is 103 cm³/mol. The van der Waals surface area contributed by atoms with Gasteiger partial charge in [0.15, 0.2) is 0 Å². The molecule has 0 saturated heterocycles. The van der Waals surface area contributed by atoms with Gasteiger partial charge in [-0.25, -0.2) is 14.8 Å². The molecule has 2 aromatic carbocycles. The van der Waals surface area contributed by atoms with Crippen molar-refractivity contribution in [2.45, 2.75) is 19.9 Å². The molecule has 138 valence electrons. The topological polar surface area (TPSA) is 73.3 Å². The minimum atomic E-state index is -0.301. The summed E-state index contributed by atoms with van der Waals surface area (Å²) in [5.74, 6) is 0.390. The Balaban J connectivity index is 1.62. The Hall–Kier alpha value is -3.41. The van der Waals surface area contributed by atoms with E-state index in [1.54, 1.807) is 30.6 Å². The Kier molecular flexibility index (Phi) is 6.35. The molecule has 0 bridgehead atoms. The van der Waals surface area contributed by atoms with E-state index in [1.165, 1.54) is 0 Å². The van der Waals surface area contributed by atoms with Crippen molar-refractivity contribution in [3.05, 3.63) is 78.1 Å². The number of ether oxygens (including phenoxy) is 2. The number of para-hydroxylation sites is 1. The van der Waals surface area contributed by atoms with Crippen LogP contribution in [0.2, 0.25) is 0 Å². The minimum absolute atomic E-state index is 0.301. The van der Waals surface area contributed by atoms with Crippen molar-refractivity contribution < 1.29 is 14.3 Å². The fraction of sp³-hybridized carbons (Fsp3) is 0.190. The van der Waals surface area contributed by atoms with E-state index in [2.05, 4.69) is 15.3 Å². The molecule has 0 radical (unpaired) electrons. The predicted octanol–water partition coefficient (Wildman–Crippen LogP) is 4.45. The van der Waals surface area contributed by atoms with Gasteiger partial charge in [-0.05, 0) is 42.8 Å². The summed E-state index contributed by atoms with van der Waals surface area (Å²) in [7, 11) is 0. The van der Waals surface area contributed by atoms with E-state index in [1.807, 2.05) is 43.3 Å². The number of hydrogen-bond acceptors (Lipinski definition) is 6. The van der Waals surface area contributed by atoms with Gasteiger partial charge in [0.05, 0.1) is 12.2 Å². The molecule has 3 rings (SSSR count). The number of carbonyl (C=O) groups excluding carboxylic acids is 1. The van der Waals surface area contributed by atoms with E-state index in [9.17, 15) is 4.79 Å². The summed E-state index contributed by atoms with van der Waals surface area (Å²) in [5, 5.41) is 3.32. The zero-order valence-electron chi connectivity index (χ0n) is 15.1. The van der Waals surface area contributed by atoms with Crippen molar-refractivity contribution in [1.29, 1.82) is 0 Å². The van der Waals surface area contributed by atoms with Gasteiger partial charge in [-0.15, -0.1) is 0 Å². The van der Waals surface area contributed by atoms with Crippen LogP contribution >= 0.6 is 0 Å². The molecule has 0 amide bonds. The number of anilines is 1. The Morgan fingerprint density at radius 2 is 1.74 bits per heavy atom. The molecule has 0 spiro atoms. The van der Waals surface area contributed by atoms with E-state index in [-0.39, 0.29) is 5.97 Å². The number of hydrogen-bond donors (Lipinski definition) is 1. The molecular formula is C21H21N3O3. The third-order valence-corrected chi connectivity index (χ3v) is 3.76. The highest BCUT2D eigenvalue weighted by Crippen LogP contribution is 2.23. The number of esters is 1. The molecule has 6 nitrogen and oxygen atoms in total. The Morgan fingerprint density at radius 1 is 1.00 bits per heavy atom. The second kappa shape index (κ2) is 9.33. The number of nitrogens with one attached hydrogen (secondary N) is 1. The Bertz CT molecular complexity index is 867. The molecule has 0 saturated carbocycles. The molecule has 1 heterocycles. The highest BCUT2D eigenvalue weighted by Gasteiger charge is 2.08. The molecule has 3 aromatic rings. The number of carbonyl (C=O) groups is 1. The summed E-state index contributed by atoms with van der Waals surface area (Å²) in [6.07, 6.45) is 4.08. The van der Waals surface area contributed by atoms with Gasteiger partial charge >= 0.3 is 12.0 Å². The fourth-order valence-electron chi connectivity index (χ4n) is 2.39. The summed E-state index contributed by atoms with van der Waals surface area (Å²) in [5.41, 5.74) is 2.41. The maximum atomic E-state index is 11.8. The molecule has 27 heavy (non-hydrogen) atoms. The van der Waals surface area contributed by atoms with Gasteiger partial charge in [-0.1, -0.05) is 25.1 Å². The first kappa shape index (κ1) is 18.4. The average molecular weight is 363 g/mol. The van der Waals surface area contributed by atoms with Crippen molar-refractivity contribution in [3.63, 3.8) is 0 Å². The molecule has 1 aromatic heterocycles. The third kappa shape index (κ3) is 5.28. The minimum Gasteiger partial charge on any atom is -0.462 e. The van der Waals surface area contributed by atoms with Crippen LogP contribution in [0.1, 0.15) is 29.3 Å². The molecule has 0 fully saturated rings. The fourth-order valence-corrected chi connectivity index (χ4v) is 2.39. The molecule has 0 unspecified atom stereocenters. The monoisotopic (exact) mass is 363 g/mol. The summed E-state index contributed by atoms with van der Waals surface area (Å²) in [4.78, 5) is 20.0. The van der Waals surface area contributed by atoms with Gasteiger partial charge < -0.3 is 14.8 Å². The van der Waals surface area contributed by atoms with E-state index in [4.69, 9.17) is 9.47 Å². The number of benzene rings is 2. The van der Waals surface area contributed by atoms with Crippen LogP contribution in [-0.4, -0.2) is 22.5 Å². The second-order valence-electron chi connectivity index (χ2n) is 5.81. The van der Waals surface area contributed by atoms with Crippen LogP contribution < -0.4 is 10.1 Å². The van der Waals surface area contributed by atoms with E-state index < -0.39 is 0 Å². The van der Waals surface area contributed by atoms with Crippen LogP contribution in [-0.2, 0) is 11.3 Å². The Morgan fingerprint density at radius 3 is 2.48 bits per heavy atom. The SMILES string of the molecule is CCCOC(=O)c1ccc(NCc2ccccc2Oc2ncccn2)cc1. The lowest BCUT2D eigenvalue weighted by atomic mass is 10.1. The van der Waals surface area contributed by atoms with Crippen molar-refractivity contribution in [3.8, 4) is 11.8 Å². The van der Waals surface area contributed by atoms with Crippen molar-refractivity contribution in [2.75, 3.05) is 11.9 Å². The zero-order valence-corrected chi connectivity index (χ0v) is 15.1. The normalized spacial score (nSPS) is 10.3. The van der Waals surface area contributed by atoms with Crippen LogP contribution in [0.25, 0.3) is 0 Å². The van der Waals surface area contributed by atoms with E-state index in [0.29, 0.717) is 30.5 Å². The lowest BCUT2D eigenvalue weighted by Crippen LogP contribution is -2.06. The summed E-state index contributed by atoms with van der Waals surface area (Å²) < 4.78 is 10.9. The van der Waals surface area contributed by atoms with Crippen LogP contribution in [0.5, 0.6) is 11.8 Å². The van der Waals surface area contributed by atoms with Gasteiger partial charge in [-0.2, -0.15) is 0 Å². The highest BCUT2D eigenvalue weighted by molar-refractivity contribution is 5.89. The van der Waals surface area contributed by atoms with Crippen LogP contribution in [0.15, 0.2) is 67.0 Å². The van der Waals surface area contributed by atoms with Crippen molar-refractivity contribution in [1.82, 2.24) is 9.97 Å². The molecule has 0 aliphatic carbocycles. The molecule has 0 aliphatic rings. The van der Waals surface area contributed by atoms with Crippen molar-refractivity contribution >= 4 is 11.7 Å². The summed E-state index contributed by atoms with van der Waals surface area (Å²) >= 11 is 0. The van der Waals surface area contributed by atoms with Gasteiger partial charge in [0.25, 0.3) is 0 Å². The molecule has 6 heteroatoms. The van der Waals surface area contributed by atoms with Gasteiger partial charge in [0.1, 0.15) is 5.75 Å². The largest absolute Gasteiger partial charge is 0.462 e. The van der Waals surface area contributed by atoms with Crippen LogP contribution in [0, 0.1) is 0 Å². The van der Waals surface area contributed by atoms with E-state index in [0.717, 1.165) is 17.7 Å². The first-order valence-corrected chi connectivity index (χ1v) is 8.80. The molecule has 0 atom stereocenters. The first-order chi connectivity index (χ1) is 13.3. The zero-order chi connectivity index (χ0) is 18.9. The number of nitrogens with zero attached hydrogens (tertiary/aromatic N) is 2. The van der Waals surface area contributed by atoms with E-state index >= 15 is 0 Å². The first-order valence-electron chi connectivity index (χ1n) is 8.80. The maximum Gasteiger partial charge on any atom is 0.338 e. The van der Waals surface area contributed by atoms with Gasteiger partial charge in [-0.3, -0.25) is 0 Å². The summed E-state index contributed by atoms with van der Waals surface area (Å²) in [6, 6.07) is 16.9. The lowest BCUT2D eigenvalue weighted by molar-refractivity contribution is 0.0505. The molecule has 0 aliphatic heterocycles. The standard InChI is InChI=1S/C21H21N3O3/c1-2-14-26-20(25)16-8-10-18(11-9-16)24-15-17-6-3-4-7-19(17)27-21-22-12-5-13-23-21/h3-13,24H,2,14-15H2,1H3. The lowest BCUT2D eigenvalue weighted by Gasteiger charge is -2.12.